The van der Waals surface area contributed by atoms with Gasteiger partial charge in [0.2, 0.25) is 0 Å². The Labute approximate surface area is 192 Å². The highest BCUT2D eigenvalue weighted by molar-refractivity contribution is 7.70. The molecule has 0 fully saturated rings. The van der Waals surface area contributed by atoms with Gasteiger partial charge in [0, 0.05) is 47.9 Å². The van der Waals surface area contributed by atoms with Crippen molar-refractivity contribution in [3.8, 4) is 11.1 Å². The number of aromatic nitrogens is 7. The van der Waals surface area contributed by atoms with Gasteiger partial charge in [-0.25, -0.2) is 24.9 Å². The number of aryl methyl sites for hydroxylation is 3. The molecular weight excluding hydrogens is 437 g/mol. The van der Waals surface area contributed by atoms with Crippen molar-refractivity contribution in [3.05, 3.63) is 54.1 Å². The standard InChI is InChI=1S/C22H26N9OP/c1-13-7-21(28-15(3)27-13)29-19-9-20(25-12-24-19)30-22-18(33(5,6)32)8-16(10-23-22)17-11-26-31(4)14(17)2/h7-12H,1-6H3,(H2,23,24,25,27,28,29,30). The highest BCUT2D eigenvalue weighted by Gasteiger charge is 2.20. The van der Waals surface area contributed by atoms with E-state index in [1.807, 2.05) is 40.0 Å². The van der Waals surface area contributed by atoms with Crippen molar-refractivity contribution >= 4 is 35.7 Å². The Morgan fingerprint density at radius 3 is 2.24 bits per heavy atom. The Bertz CT molecular complexity index is 1360. The fourth-order valence-corrected chi connectivity index (χ4v) is 4.49. The van der Waals surface area contributed by atoms with Crippen molar-refractivity contribution in [3.63, 3.8) is 0 Å². The molecule has 170 valence electrons. The lowest BCUT2D eigenvalue weighted by molar-refractivity contribution is 0.588. The molecule has 11 heteroatoms. The van der Waals surface area contributed by atoms with E-state index in [4.69, 9.17) is 0 Å². The largest absolute Gasteiger partial charge is 0.325 e. The van der Waals surface area contributed by atoms with E-state index in [2.05, 4.69) is 40.7 Å². The van der Waals surface area contributed by atoms with Crippen LogP contribution in [0.1, 0.15) is 17.2 Å². The third-order valence-electron chi connectivity index (χ3n) is 5.13. The van der Waals surface area contributed by atoms with Gasteiger partial charge in [0.25, 0.3) is 0 Å². The zero-order valence-electron chi connectivity index (χ0n) is 19.5. The third-order valence-corrected chi connectivity index (χ3v) is 6.63. The number of pyridine rings is 1. The Hall–Kier alpha value is -3.65. The van der Waals surface area contributed by atoms with Gasteiger partial charge in [-0.3, -0.25) is 4.68 Å². The normalized spacial score (nSPS) is 11.5. The maximum absolute atomic E-state index is 13.1. The Balaban J connectivity index is 1.65. The van der Waals surface area contributed by atoms with Gasteiger partial charge in [0.1, 0.15) is 42.6 Å². The average Bonchev–Trinajstić information content (AvgIpc) is 3.05. The van der Waals surface area contributed by atoms with Crippen LogP contribution in [0.3, 0.4) is 0 Å². The second-order valence-corrected chi connectivity index (χ2v) is 11.4. The van der Waals surface area contributed by atoms with E-state index in [1.54, 1.807) is 36.5 Å². The molecule has 4 aromatic heterocycles. The molecule has 0 bridgehead atoms. The van der Waals surface area contributed by atoms with Crippen molar-refractivity contribution in [2.24, 2.45) is 7.05 Å². The van der Waals surface area contributed by atoms with E-state index in [-0.39, 0.29) is 0 Å². The lowest BCUT2D eigenvalue weighted by Crippen LogP contribution is -2.13. The van der Waals surface area contributed by atoms with E-state index in [1.165, 1.54) is 6.33 Å². The molecule has 4 heterocycles. The van der Waals surface area contributed by atoms with Gasteiger partial charge in [-0.05, 0) is 40.2 Å². The first-order chi connectivity index (χ1) is 15.6. The van der Waals surface area contributed by atoms with E-state index in [0.29, 0.717) is 34.4 Å². The Morgan fingerprint density at radius 2 is 1.61 bits per heavy atom. The monoisotopic (exact) mass is 463 g/mol. The topological polar surface area (TPSA) is 123 Å². The summed E-state index contributed by atoms with van der Waals surface area (Å²) in [4.78, 5) is 21.8. The van der Waals surface area contributed by atoms with Crippen LogP contribution < -0.4 is 15.9 Å². The first-order valence-corrected chi connectivity index (χ1v) is 12.9. The average molecular weight is 463 g/mol. The number of hydrogen-bond acceptors (Lipinski definition) is 9. The zero-order valence-corrected chi connectivity index (χ0v) is 20.3. The van der Waals surface area contributed by atoms with Gasteiger partial charge >= 0.3 is 0 Å². The van der Waals surface area contributed by atoms with Gasteiger partial charge < -0.3 is 15.2 Å². The van der Waals surface area contributed by atoms with Gasteiger partial charge in [-0.2, -0.15) is 5.10 Å². The Kier molecular flexibility index (Phi) is 5.95. The predicted molar refractivity (Wildman–Crippen MR) is 130 cm³/mol. The fourth-order valence-electron chi connectivity index (χ4n) is 3.42. The minimum absolute atomic E-state index is 0.493. The first-order valence-electron chi connectivity index (χ1n) is 10.3. The summed E-state index contributed by atoms with van der Waals surface area (Å²) < 4.78 is 14.9. The van der Waals surface area contributed by atoms with Crippen LogP contribution in [-0.2, 0) is 11.6 Å². The molecule has 33 heavy (non-hydrogen) atoms. The number of rotatable bonds is 6. The second kappa shape index (κ2) is 8.71. The molecule has 4 rings (SSSR count). The molecule has 0 spiro atoms. The summed E-state index contributed by atoms with van der Waals surface area (Å²) in [5.74, 6) is 2.88. The van der Waals surface area contributed by atoms with Gasteiger partial charge in [-0.15, -0.1) is 0 Å². The highest BCUT2D eigenvalue weighted by atomic mass is 31.2. The number of nitrogens with one attached hydrogen (secondary N) is 2. The van der Waals surface area contributed by atoms with E-state index in [0.717, 1.165) is 22.5 Å². The van der Waals surface area contributed by atoms with Crippen molar-refractivity contribution in [2.45, 2.75) is 20.8 Å². The lowest BCUT2D eigenvalue weighted by Gasteiger charge is -2.16. The van der Waals surface area contributed by atoms with E-state index < -0.39 is 7.14 Å². The molecule has 4 aromatic rings. The molecule has 0 aliphatic heterocycles. The quantitative estimate of drug-likeness (QED) is 0.412. The smallest absolute Gasteiger partial charge is 0.142 e. The maximum Gasteiger partial charge on any atom is 0.142 e. The summed E-state index contributed by atoms with van der Waals surface area (Å²) in [6.45, 7) is 9.18. The molecular formula is C22H26N9OP. The zero-order chi connectivity index (χ0) is 23.8. The van der Waals surface area contributed by atoms with Crippen LogP contribution in [0.5, 0.6) is 0 Å². The molecule has 0 saturated heterocycles. The molecule has 0 saturated carbocycles. The first kappa shape index (κ1) is 22.5. The summed E-state index contributed by atoms with van der Waals surface area (Å²) in [5.41, 5.74) is 3.68. The van der Waals surface area contributed by atoms with Crippen LogP contribution in [0.25, 0.3) is 11.1 Å². The lowest BCUT2D eigenvalue weighted by atomic mass is 10.1. The summed E-state index contributed by atoms with van der Waals surface area (Å²) in [6.07, 6.45) is 4.98. The molecule has 0 radical (unpaired) electrons. The second-order valence-electron chi connectivity index (χ2n) is 8.19. The van der Waals surface area contributed by atoms with E-state index in [9.17, 15) is 4.57 Å². The molecule has 2 N–H and O–H groups in total. The molecule has 0 aliphatic carbocycles. The third kappa shape index (κ3) is 5.06. The Morgan fingerprint density at radius 1 is 0.879 bits per heavy atom. The predicted octanol–water partition coefficient (Wildman–Crippen LogP) is 3.72. The maximum atomic E-state index is 13.1. The minimum atomic E-state index is -2.65. The molecule has 0 atom stereocenters. The summed E-state index contributed by atoms with van der Waals surface area (Å²) in [5, 5.41) is 11.3. The fraction of sp³-hybridized carbons (Fsp3) is 0.273. The van der Waals surface area contributed by atoms with Crippen molar-refractivity contribution in [1.82, 2.24) is 34.7 Å². The summed E-state index contributed by atoms with van der Waals surface area (Å²) >= 11 is 0. The molecule has 0 aliphatic rings. The van der Waals surface area contributed by atoms with Crippen LogP contribution in [0.2, 0.25) is 0 Å². The summed E-state index contributed by atoms with van der Waals surface area (Å²) in [7, 11) is -0.767. The molecule has 0 unspecified atom stereocenters. The van der Waals surface area contributed by atoms with Crippen molar-refractivity contribution < 1.29 is 4.57 Å². The molecule has 10 nitrogen and oxygen atoms in total. The van der Waals surface area contributed by atoms with Crippen LogP contribution in [0.4, 0.5) is 23.3 Å². The number of anilines is 4. The highest BCUT2D eigenvalue weighted by Crippen LogP contribution is 2.39. The number of nitrogens with zero attached hydrogens (tertiary/aromatic N) is 7. The summed E-state index contributed by atoms with van der Waals surface area (Å²) in [6, 6.07) is 5.49. The van der Waals surface area contributed by atoms with Crippen LogP contribution in [0.15, 0.2) is 36.9 Å². The van der Waals surface area contributed by atoms with Crippen molar-refractivity contribution in [2.75, 3.05) is 24.0 Å². The van der Waals surface area contributed by atoms with Gasteiger partial charge in [0.05, 0.1) is 11.5 Å². The van der Waals surface area contributed by atoms with Crippen molar-refractivity contribution in [1.29, 1.82) is 0 Å². The van der Waals surface area contributed by atoms with Crippen LogP contribution in [-0.4, -0.2) is 48.0 Å². The number of hydrogen-bond donors (Lipinski definition) is 2. The molecule has 0 aromatic carbocycles. The van der Waals surface area contributed by atoms with Crippen LogP contribution >= 0.6 is 7.14 Å². The SMILES string of the molecule is Cc1cc(Nc2cc(Nc3ncc(-c4cnn(C)c4C)cc3P(C)(C)=O)ncn2)nc(C)n1. The van der Waals surface area contributed by atoms with Gasteiger partial charge in [-0.1, -0.05) is 0 Å². The minimum Gasteiger partial charge on any atom is -0.325 e. The van der Waals surface area contributed by atoms with Gasteiger partial charge in [0.15, 0.2) is 0 Å². The van der Waals surface area contributed by atoms with E-state index >= 15 is 0 Å². The van der Waals surface area contributed by atoms with Crippen LogP contribution in [0, 0.1) is 20.8 Å². The molecule has 0 amide bonds.